The number of hydrogen-bond acceptors (Lipinski definition) is 4. The fourth-order valence-corrected chi connectivity index (χ4v) is 3.30. The quantitative estimate of drug-likeness (QED) is 0.644. The fourth-order valence-electron chi connectivity index (χ4n) is 3.30. The molecule has 1 saturated heterocycles. The Balaban J connectivity index is 1.46. The molecular weight excluding hydrogens is 378 g/mol. The summed E-state index contributed by atoms with van der Waals surface area (Å²) in [5.74, 6) is 1.30. The van der Waals surface area contributed by atoms with Gasteiger partial charge in [0.15, 0.2) is 0 Å². The van der Waals surface area contributed by atoms with Gasteiger partial charge in [0.25, 0.3) is 5.91 Å². The molecule has 0 spiro atoms. The lowest BCUT2D eigenvalue weighted by Gasteiger charge is -2.16. The van der Waals surface area contributed by atoms with Crippen LogP contribution in [-0.2, 0) is 4.79 Å². The second-order valence-corrected chi connectivity index (χ2v) is 8.04. The predicted octanol–water partition coefficient (Wildman–Crippen LogP) is 4.40. The van der Waals surface area contributed by atoms with Crippen LogP contribution in [0.2, 0.25) is 0 Å². The van der Waals surface area contributed by atoms with Gasteiger partial charge < -0.3 is 20.3 Å². The van der Waals surface area contributed by atoms with E-state index in [2.05, 4.69) is 24.5 Å². The number of nitrogens with one attached hydrogen (secondary N) is 2. The standard InChI is InChI=1S/C24H31N3O3/c1-18(2)12-15-30-22-10-8-20(9-11-22)25-17-23(28)26-21-7-5-6-19(16-21)24(29)27-13-3-4-14-27/h5-11,16,18,25H,3-4,12-15,17H2,1-2H3,(H,26,28). The third-order valence-electron chi connectivity index (χ3n) is 5.06. The van der Waals surface area contributed by atoms with E-state index in [-0.39, 0.29) is 18.4 Å². The van der Waals surface area contributed by atoms with Crippen LogP contribution in [0.4, 0.5) is 11.4 Å². The third kappa shape index (κ3) is 6.51. The zero-order valence-corrected chi connectivity index (χ0v) is 17.8. The van der Waals surface area contributed by atoms with Crippen LogP contribution < -0.4 is 15.4 Å². The maximum atomic E-state index is 12.5. The van der Waals surface area contributed by atoms with E-state index in [0.717, 1.165) is 43.8 Å². The van der Waals surface area contributed by atoms with E-state index in [0.29, 0.717) is 23.8 Å². The first-order valence-electron chi connectivity index (χ1n) is 10.7. The van der Waals surface area contributed by atoms with Gasteiger partial charge >= 0.3 is 0 Å². The summed E-state index contributed by atoms with van der Waals surface area (Å²) in [5, 5.41) is 5.96. The van der Waals surface area contributed by atoms with Crippen molar-refractivity contribution < 1.29 is 14.3 Å². The summed E-state index contributed by atoms with van der Waals surface area (Å²) >= 11 is 0. The zero-order chi connectivity index (χ0) is 21.3. The second-order valence-electron chi connectivity index (χ2n) is 8.04. The predicted molar refractivity (Wildman–Crippen MR) is 120 cm³/mol. The lowest BCUT2D eigenvalue weighted by molar-refractivity contribution is -0.114. The largest absolute Gasteiger partial charge is 0.494 e. The average molecular weight is 410 g/mol. The van der Waals surface area contributed by atoms with Crippen LogP contribution in [0.25, 0.3) is 0 Å². The minimum absolute atomic E-state index is 0.0254. The Hall–Kier alpha value is -3.02. The number of amides is 2. The molecule has 2 aromatic rings. The van der Waals surface area contributed by atoms with Gasteiger partial charge in [-0.25, -0.2) is 0 Å². The molecule has 2 amide bonds. The first-order chi connectivity index (χ1) is 14.5. The van der Waals surface area contributed by atoms with E-state index < -0.39 is 0 Å². The maximum absolute atomic E-state index is 12.5. The van der Waals surface area contributed by atoms with Gasteiger partial charge in [-0.05, 0) is 67.6 Å². The molecule has 0 radical (unpaired) electrons. The number of likely N-dealkylation sites (tertiary alicyclic amines) is 1. The first kappa shape index (κ1) is 21.7. The van der Waals surface area contributed by atoms with E-state index in [1.165, 1.54) is 0 Å². The van der Waals surface area contributed by atoms with Gasteiger partial charge in [0.1, 0.15) is 5.75 Å². The lowest BCUT2D eigenvalue weighted by Crippen LogP contribution is -2.27. The van der Waals surface area contributed by atoms with Crippen molar-refractivity contribution >= 4 is 23.2 Å². The number of hydrogen-bond donors (Lipinski definition) is 2. The van der Waals surface area contributed by atoms with Gasteiger partial charge in [-0.15, -0.1) is 0 Å². The van der Waals surface area contributed by atoms with Gasteiger partial charge in [0.05, 0.1) is 13.2 Å². The van der Waals surface area contributed by atoms with Crippen LogP contribution in [0.3, 0.4) is 0 Å². The van der Waals surface area contributed by atoms with Crippen LogP contribution >= 0.6 is 0 Å². The Morgan fingerprint density at radius 2 is 1.77 bits per heavy atom. The fraction of sp³-hybridized carbons (Fsp3) is 0.417. The van der Waals surface area contributed by atoms with E-state index in [4.69, 9.17) is 4.74 Å². The van der Waals surface area contributed by atoms with Gasteiger partial charge in [0.2, 0.25) is 5.91 Å². The Kier molecular flexibility index (Phi) is 7.71. The highest BCUT2D eigenvalue weighted by atomic mass is 16.5. The van der Waals surface area contributed by atoms with E-state index in [9.17, 15) is 9.59 Å². The Labute approximate surface area is 178 Å². The number of carbonyl (C=O) groups excluding carboxylic acids is 2. The molecule has 2 N–H and O–H groups in total. The van der Waals surface area contributed by atoms with Crippen LogP contribution in [0.1, 0.15) is 43.5 Å². The number of anilines is 2. The molecular formula is C24H31N3O3. The molecule has 1 aliphatic rings. The molecule has 30 heavy (non-hydrogen) atoms. The lowest BCUT2D eigenvalue weighted by atomic mass is 10.1. The summed E-state index contributed by atoms with van der Waals surface area (Å²) in [4.78, 5) is 26.7. The zero-order valence-electron chi connectivity index (χ0n) is 17.8. The number of carbonyl (C=O) groups is 2. The van der Waals surface area contributed by atoms with Crippen LogP contribution in [0.15, 0.2) is 48.5 Å². The molecule has 6 heteroatoms. The van der Waals surface area contributed by atoms with Gasteiger partial charge in [-0.2, -0.15) is 0 Å². The Morgan fingerprint density at radius 1 is 1.03 bits per heavy atom. The molecule has 2 aromatic carbocycles. The Morgan fingerprint density at radius 3 is 2.47 bits per heavy atom. The first-order valence-corrected chi connectivity index (χ1v) is 10.7. The van der Waals surface area contributed by atoms with Gasteiger partial charge in [-0.1, -0.05) is 19.9 Å². The van der Waals surface area contributed by atoms with Gasteiger partial charge in [0, 0.05) is 30.0 Å². The van der Waals surface area contributed by atoms with Crippen molar-refractivity contribution in [2.75, 3.05) is 36.9 Å². The summed E-state index contributed by atoms with van der Waals surface area (Å²) < 4.78 is 5.71. The molecule has 0 bridgehead atoms. The number of benzene rings is 2. The molecule has 0 atom stereocenters. The summed E-state index contributed by atoms with van der Waals surface area (Å²) in [7, 11) is 0. The smallest absolute Gasteiger partial charge is 0.253 e. The van der Waals surface area contributed by atoms with E-state index >= 15 is 0 Å². The topological polar surface area (TPSA) is 70.7 Å². The van der Waals surface area contributed by atoms with Crippen LogP contribution in [-0.4, -0.2) is 43.0 Å². The Bertz CT molecular complexity index is 843. The summed E-state index contributed by atoms with van der Waals surface area (Å²) in [6, 6.07) is 14.7. The van der Waals surface area contributed by atoms with Crippen molar-refractivity contribution in [2.24, 2.45) is 5.92 Å². The molecule has 0 unspecified atom stereocenters. The minimum atomic E-state index is -0.168. The molecule has 3 rings (SSSR count). The highest BCUT2D eigenvalue weighted by molar-refractivity contribution is 5.98. The number of nitrogens with zero attached hydrogens (tertiary/aromatic N) is 1. The highest BCUT2D eigenvalue weighted by Crippen LogP contribution is 2.18. The van der Waals surface area contributed by atoms with Crippen molar-refractivity contribution in [3.8, 4) is 5.75 Å². The molecule has 1 aliphatic heterocycles. The minimum Gasteiger partial charge on any atom is -0.494 e. The maximum Gasteiger partial charge on any atom is 0.253 e. The highest BCUT2D eigenvalue weighted by Gasteiger charge is 2.19. The molecule has 1 fully saturated rings. The monoisotopic (exact) mass is 409 g/mol. The van der Waals surface area contributed by atoms with Crippen molar-refractivity contribution in [1.82, 2.24) is 4.90 Å². The summed E-state index contributed by atoms with van der Waals surface area (Å²) in [6.45, 7) is 6.79. The van der Waals surface area contributed by atoms with Crippen LogP contribution in [0, 0.1) is 5.92 Å². The van der Waals surface area contributed by atoms with Crippen molar-refractivity contribution in [3.05, 3.63) is 54.1 Å². The molecule has 6 nitrogen and oxygen atoms in total. The van der Waals surface area contributed by atoms with Crippen molar-refractivity contribution in [1.29, 1.82) is 0 Å². The molecule has 160 valence electrons. The molecule has 0 saturated carbocycles. The SMILES string of the molecule is CC(C)CCOc1ccc(NCC(=O)Nc2cccc(C(=O)N3CCCC3)c2)cc1. The normalized spacial score (nSPS) is 13.4. The van der Waals surface area contributed by atoms with Crippen LogP contribution in [0.5, 0.6) is 5.75 Å². The molecule has 0 aromatic heterocycles. The van der Waals surface area contributed by atoms with Gasteiger partial charge in [-0.3, -0.25) is 9.59 Å². The van der Waals surface area contributed by atoms with E-state index in [1.54, 1.807) is 24.3 Å². The second kappa shape index (κ2) is 10.7. The molecule has 1 heterocycles. The number of ether oxygens (including phenoxy) is 1. The third-order valence-corrected chi connectivity index (χ3v) is 5.06. The van der Waals surface area contributed by atoms with E-state index in [1.807, 2.05) is 29.2 Å². The molecule has 0 aliphatic carbocycles. The van der Waals surface area contributed by atoms with Crippen molar-refractivity contribution in [3.63, 3.8) is 0 Å². The average Bonchev–Trinajstić information content (AvgIpc) is 3.27. The number of rotatable bonds is 9. The summed E-state index contributed by atoms with van der Waals surface area (Å²) in [5.41, 5.74) is 2.08. The summed E-state index contributed by atoms with van der Waals surface area (Å²) in [6.07, 6.45) is 3.13. The van der Waals surface area contributed by atoms with Crippen molar-refractivity contribution in [2.45, 2.75) is 33.1 Å².